The fourth-order valence-electron chi connectivity index (χ4n) is 3.96. The molecule has 2 amide bonds. The van der Waals surface area contributed by atoms with Crippen LogP contribution in [-0.4, -0.2) is 28.9 Å². The fourth-order valence-corrected chi connectivity index (χ4v) is 3.96. The average molecular weight is 360 g/mol. The zero-order valence-electron chi connectivity index (χ0n) is 16.9. The average Bonchev–Trinajstić information content (AvgIpc) is 2.49. The van der Waals surface area contributed by atoms with Crippen LogP contribution in [0.3, 0.4) is 0 Å². The standard InChI is InChI=1S/C21H33N3O2/c1-14(2)16-9-7-15(8-10-16)13-22-18(25)19(26)23-17-11-20(3,4)24-21(5,6)12-17/h7-10,14,17,24H,11-13H2,1-6H3,(H,22,25)(H,23,26). The number of amides is 2. The van der Waals surface area contributed by atoms with Gasteiger partial charge >= 0.3 is 11.8 Å². The van der Waals surface area contributed by atoms with Crippen molar-refractivity contribution in [1.82, 2.24) is 16.0 Å². The van der Waals surface area contributed by atoms with Crippen LogP contribution in [0.15, 0.2) is 24.3 Å². The second-order valence-corrected chi connectivity index (χ2v) is 9.05. The molecular formula is C21H33N3O2. The molecule has 3 N–H and O–H groups in total. The van der Waals surface area contributed by atoms with Crippen LogP contribution in [0.5, 0.6) is 0 Å². The number of benzene rings is 1. The van der Waals surface area contributed by atoms with Crippen molar-refractivity contribution in [2.75, 3.05) is 0 Å². The number of carbonyl (C=O) groups excluding carboxylic acids is 2. The molecule has 0 aromatic heterocycles. The molecule has 144 valence electrons. The molecular weight excluding hydrogens is 326 g/mol. The first-order valence-electron chi connectivity index (χ1n) is 9.44. The van der Waals surface area contributed by atoms with Crippen LogP contribution in [0.25, 0.3) is 0 Å². The smallest absolute Gasteiger partial charge is 0.309 e. The van der Waals surface area contributed by atoms with Crippen molar-refractivity contribution in [2.45, 2.75) is 84.0 Å². The highest BCUT2D eigenvalue weighted by Crippen LogP contribution is 2.28. The minimum Gasteiger partial charge on any atom is -0.345 e. The van der Waals surface area contributed by atoms with Crippen molar-refractivity contribution in [3.8, 4) is 0 Å². The summed E-state index contributed by atoms with van der Waals surface area (Å²) in [5.41, 5.74) is 2.09. The largest absolute Gasteiger partial charge is 0.345 e. The Kier molecular flexibility index (Phi) is 6.12. The fraction of sp³-hybridized carbons (Fsp3) is 0.619. The van der Waals surface area contributed by atoms with Gasteiger partial charge in [0.05, 0.1) is 0 Å². The molecule has 0 unspecified atom stereocenters. The first kappa shape index (κ1) is 20.4. The van der Waals surface area contributed by atoms with Gasteiger partial charge in [0.1, 0.15) is 0 Å². The van der Waals surface area contributed by atoms with Gasteiger partial charge in [-0.15, -0.1) is 0 Å². The van der Waals surface area contributed by atoms with E-state index in [4.69, 9.17) is 0 Å². The lowest BCUT2D eigenvalue weighted by atomic mass is 9.79. The van der Waals surface area contributed by atoms with E-state index in [0.29, 0.717) is 12.5 Å². The third-order valence-electron chi connectivity index (χ3n) is 4.83. The molecule has 1 aromatic rings. The topological polar surface area (TPSA) is 70.2 Å². The van der Waals surface area contributed by atoms with E-state index in [1.807, 2.05) is 12.1 Å². The first-order chi connectivity index (χ1) is 12.0. The van der Waals surface area contributed by atoms with Crippen molar-refractivity contribution >= 4 is 11.8 Å². The predicted molar refractivity (Wildman–Crippen MR) is 105 cm³/mol. The SMILES string of the molecule is CC(C)c1ccc(CNC(=O)C(=O)NC2CC(C)(C)NC(C)(C)C2)cc1. The maximum Gasteiger partial charge on any atom is 0.309 e. The molecule has 0 saturated carbocycles. The van der Waals surface area contributed by atoms with Gasteiger partial charge in [-0.25, -0.2) is 0 Å². The van der Waals surface area contributed by atoms with Gasteiger partial charge < -0.3 is 16.0 Å². The van der Waals surface area contributed by atoms with E-state index in [0.717, 1.165) is 18.4 Å². The van der Waals surface area contributed by atoms with Gasteiger partial charge in [0.2, 0.25) is 0 Å². The Hall–Kier alpha value is -1.88. The minimum absolute atomic E-state index is 0.00942. The van der Waals surface area contributed by atoms with E-state index < -0.39 is 11.8 Å². The monoisotopic (exact) mass is 359 g/mol. The van der Waals surface area contributed by atoms with Crippen molar-refractivity contribution in [3.63, 3.8) is 0 Å². The minimum atomic E-state index is -0.577. The molecule has 1 saturated heterocycles. The van der Waals surface area contributed by atoms with E-state index in [2.05, 4.69) is 69.6 Å². The molecule has 1 fully saturated rings. The molecule has 1 heterocycles. The van der Waals surface area contributed by atoms with E-state index in [9.17, 15) is 9.59 Å². The molecule has 26 heavy (non-hydrogen) atoms. The second-order valence-electron chi connectivity index (χ2n) is 9.05. The molecule has 0 radical (unpaired) electrons. The summed E-state index contributed by atoms with van der Waals surface area (Å²) in [7, 11) is 0. The first-order valence-corrected chi connectivity index (χ1v) is 9.44. The number of rotatable bonds is 4. The van der Waals surface area contributed by atoms with E-state index >= 15 is 0 Å². The van der Waals surface area contributed by atoms with Gasteiger partial charge in [-0.1, -0.05) is 38.1 Å². The van der Waals surface area contributed by atoms with Crippen LogP contribution in [0.4, 0.5) is 0 Å². The Labute approximate surface area is 157 Å². The van der Waals surface area contributed by atoms with Crippen molar-refractivity contribution < 1.29 is 9.59 Å². The summed E-state index contributed by atoms with van der Waals surface area (Å²) in [6.45, 7) is 13.1. The van der Waals surface area contributed by atoms with Crippen LogP contribution in [-0.2, 0) is 16.1 Å². The number of piperidine rings is 1. The molecule has 0 spiro atoms. The lowest BCUT2D eigenvalue weighted by Crippen LogP contribution is -2.62. The summed E-state index contributed by atoms with van der Waals surface area (Å²) in [6.07, 6.45) is 1.60. The number of hydrogen-bond donors (Lipinski definition) is 3. The predicted octanol–water partition coefficient (Wildman–Crippen LogP) is 2.85. The third kappa shape index (κ3) is 5.84. The van der Waals surface area contributed by atoms with Gasteiger partial charge in [-0.3, -0.25) is 9.59 Å². The van der Waals surface area contributed by atoms with Gasteiger partial charge in [-0.05, 0) is 57.6 Å². The van der Waals surface area contributed by atoms with Crippen molar-refractivity contribution in [3.05, 3.63) is 35.4 Å². The number of nitrogens with one attached hydrogen (secondary N) is 3. The number of hydrogen-bond acceptors (Lipinski definition) is 3. The highest BCUT2D eigenvalue weighted by Gasteiger charge is 2.38. The summed E-state index contributed by atoms with van der Waals surface area (Å²) in [5, 5.41) is 9.18. The molecule has 2 rings (SSSR count). The Morgan fingerprint density at radius 1 is 1.04 bits per heavy atom. The summed E-state index contributed by atoms with van der Waals surface area (Å²) >= 11 is 0. The van der Waals surface area contributed by atoms with Crippen LogP contribution >= 0.6 is 0 Å². The maximum absolute atomic E-state index is 12.3. The van der Waals surface area contributed by atoms with Crippen LogP contribution in [0.1, 0.15) is 71.4 Å². The van der Waals surface area contributed by atoms with Gasteiger partial charge in [0.25, 0.3) is 0 Å². The lowest BCUT2D eigenvalue weighted by molar-refractivity contribution is -0.140. The zero-order chi connectivity index (χ0) is 19.5. The Bertz CT molecular complexity index is 632. The van der Waals surface area contributed by atoms with Gasteiger partial charge in [-0.2, -0.15) is 0 Å². The summed E-state index contributed by atoms with van der Waals surface area (Å²) in [6, 6.07) is 8.10. The second kappa shape index (κ2) is 7.78. The van der Waals surface area contributed by atoms with Crippen LogP contribution in [0.2, 0.25) is 0 Å². The van der Waals surface area contributed by atoms with Gasteiger partial charge in [0, 0.05) is 23.7 Å². The molecule has 1 aliphatic rings. The molecule has 0 bridgehead atoms. The lowest BCUT2D eigenvalue weighted by Gasteiger charge is -2.46. The summed E-state index contributed by atoms with van der Waals surface area (Å²) in [4.78, 5) is 24.4. The van der Waals surface area contributed by atoms with Crippen LogP contribution in [0, 0.1) is 0 Å². The maximum atomic E-state index is 12.3. The van der Waals surface area contributed by atoms with E-state index in [-0.39, 0.29) is 17.1 Å². The van der Waals surface area contributed by atoms with Crippen molar-refractivity contribution in [1.29, 1.82) is 0 Å². The van der Waals surface area contributed by atoms with Crippen molar-refractivity contribution in [2.24, 2.45) is 0 Å². The quantitative estimate of drug-likeness (QED) is 0.724. The number of carbonyl (C=O) groups is 2. The molecule has 1 aliphatic heterocycles. The van der Waals surface area contributed by atoms with E-state index in [1.54, 1.807) is 0 Å². The van der Waals surface area contributed by atoms with E-state index in [1.165, 1.54) is 5.56 Å². The molecule has 0 atom stereocenters. The summed E-state index contributed by atoms with van der Waals surface area (Å²) in [5.74, 6) is -0.655. The van der Waals surface area contributed by atoms with Gasteiger partial charge in [0.15, 0.2) is 0 Å². The zero-order valence-corrected chi connectivity index (χ0v) is 16.9. The highest BCUT2D eigenvalue weighted by atomic mass is 16.2. The molecule has 0 aliphatic carbocycles. The molecule has 5 nitrogen and oxygen atoms in total. The molecule has 1 aromatic carbocycles. The third-order valence-corrected chi connectivity index (χ3v) is 4.83. The highest BCUT2D eigenvalue weighted by molar-refractivity contribution is 6.35. The Balaban J connectivity index is 1.86. The molecule has 5 heteroatoms. The Morgan fingerprint density at radius 2 is 1.58 bits per heavy atom. The van der Waals surface area contributed by atoms with Crippen LogP contribution < -0.4 is 16.0 Å². The normalized spacial score (nSPS) is 19.2. The summed E-state index contributed by atoms with van der Waals surface area (Å²) < 4.78 is 0. The Morgan fingerprint density at radius 3 is 2.08 bits per heavy atom.